The van der Waals surface area contributed by atoms with Crippen LogP contribution in [0.1, 0.15) is 33.6 Å². The van der Waals surface area contributed by atoms with Gasteiger partial charge in [-0.25, -0.2) is 0 Å². The molecule has 0 aromatic heterocycles. The van der Waals surface area contributed by atoms with Crippen molar-refractivity contribution in [1.82, 2.24) is 0 Å². The van der Waals surface area contributed by atoms with Crippen molar-refractivity contribution in [2.45, 2.75) is 39.7 Å². The van der Waals surface area contributed by atoms with Crippen LogP contribution in [0.3, 0.4) is 0 Å². The molecule has 0 saturated heterocycles. The average Bonchev–Trinajstić information content (AvgIpc) is 2.01. The van der Waals surface area contributed by atoms with Gasteiger partial charge < -0.3 is 10.5 Å². The Kier molecular flexibility index (Phi) is 6.57. The standard InChI is InChI=1S/C9H21NO/c1-4-5-8(2)7-11-9(3)6-10/h8-9H,4-7,10H2,1-3H3. The van der Waals surface area contributed by atoms with E-state index in [0.717, 1.165) is 6.61 Å². The predicted octanol–water partition coefficient (Wildman–Crippen LogP) is 1.79. The number of ether oxygens (including phenoxy) is 1. The van der Waals surface area contributed by atoms with Gasteiger partial charge in [0.05, 0.1) is 6.10 Å². The van der Waals surface area contributed by atoms with E-state index in [-0.39, 0.29) is 6.10 Å². The highest BCUT2D eigenvalue weighted by Crippen LogP contribution is 2.05. The molecule has 0 fully saturated rings. The van der Waals surface area contributed by atoms with Crippen LogP contribution in [0.25, 0.3) is 0 Å². The molecule has 2 N–H and O–H groups in total. The maximum atomic E-state index is 5.48. The van der Waals surface area contributed by atoms with E-state index in [9.17, 15) is 0 Å². The lowest BCUT2D eigenvalue weighted by atomic mass is 10.1. The first-order valence-corrected chi connectivity index (χ1v) is 4.52. The number of nitrogens with two attached hydrogens (primary N) is 1. The molecule has 0 aliphatic heterocycles. The lowest BCUT2D eigenvalue weighted by molar-refractivity contribution is 0.0473. The molecule has 0 saturated carbocycles. The van der Waals surface area contributed by atoms with Crippen LogP contribution >= 0.6 is 0 Å². The molecular formula is C9H21NO. The van der Waals surface area contributed by atoms with Crippen LogP contribution in [-0.2, 0) is 4.74 Å². The molecule has 0 rings (SSSR count). The number of rotatable bonds is 6. The highest BCUT2D eigenvalue weighted by molar-refractivity contribution is 4.53. The van der Waals surface area contributed by atoms with Crippen LogP contribution < -0.4 is 5.73 Å². The van der Waals surface area contributed by atoms with Gasteiger partial charge in [-0.3, -0.25) is 0 Å². The average molecular weight is 159 g/mol. The van der Waals surface area contributed by atoms with Gasteiger partial charge in [0.15, 0.2) is 0 Å². The van der Waals surface area contributed by atoms with Crippen molar-refractivity contribution in [3.63, 3.8) is 0 Å². The summed E-state index contributed by atoms with van der Waals surface area (Å²) in [6.07, 6.45) is 2.70. The van der Waals surface area contributed by atoms with Gasteiger partial charge in [-0.05, 0) is 19.3 Å². The smallest absolute Gasteiger partial charge is 0.0669 e. The minimum atomic E-state index is 0.217. The van der Waals surface area contributed by atoms with Gasteiger partial charge >= 0.3 is 0 Å². The second kappa shape index (κ2) is 6.62. The Hall–Kier alpha value is -0.0800. The van der Waals surface area contributed by atoms with Gasteiger partial charge in [-0.1, -0.05) is 20.3 Å². The van der Waals surface area contributed by atoms with Crippen molar-refractivity contribution < 1.29 is 4.74 Å². The molecule has 2 unspecified atom stereocenters. The Balaban J connectivity index is 3.22. The van der Waals surface area contributed by atoms with Gasteiger partial charge in [0.25, 0.3) is 0 Å². The molecule has 0 aromatic rings. The van der Waals surface area contributed by atoms with Gasteiger partial charge in [0, 0.05) is 13.2 Å². The Bertz CT molecular complexity index is 85.6. The Labute approximate surface area is 70.1 Å². The highest BCUT2D eigenvalue weighted by Gasteiger charge is 2.03. The Morgan fingerprint density at radius 3 is 2.45 bits per heavy atom. The van der Waals surface area contributed by atoms with E-state index in [1.165, 1.54) is 12.8 Å². The van der Waals surface area contributed by atoms with Crippen molar-refractivity contribution in [3.05, 3.63) is 0 Å². The summed E-state index contributed by atoms with van der Waals surface area (Å²) in [6.45, 7) is 7.90. The molecule has 2 heteroatoms. The van der Waals surface area contributed by atoms with Crippen molar-refractivity contribution in [3.8, 4) is 0 Å². The zero-order chi connectivity index (χ0) is 8.69. The fraction of sp³-hybridized carbons (Fsp3) is 1.00. The van der Waals surface area contributed by atoms with E-state index < -0.39 is 0 Å². The molecule has 0 aromatic carbocycles. The largest absolute Gasteiger partial charge is 0.377 e. The SMILES string of the molecule is CCCC(C)COC(C)CN. The number of hydrogen-bond acceptors (Lipinski definition) is 2. The van der Waals surface area contributed by atoms with Crippen LogP contribution in [0.15, 0.2) is 0 Å². The molecule has 11 heavy (non-hydrogen) atoms. The minimum Gasteiger partial charge on any atom is -0.377 e. The summed E-state index contributed by atoms with van der Waals surface area (Å²) in [5.41, 5.74) is 5.41. The maximum absolute atomic E-state index is 5.48. The monoisotopic (exact) mass is 159 g/mol. The van der Waals surface area contributed by atoms with Gasteiger partial charge in [-0.2, -0.15) is 0 Å². The fourth-order valence-electron chi connectivity index (χ4n) is 0.973. The van der Waals surface area contributed by atoms with Crippen LogP contribution in [0, 0.1) is 5.92 Å². The second-order valence-corrected chi connectivity index (χ2v) is 3.27. The third-order valence-electron chi connectivity index (χ3n) is 1.78. The summed E-state index contributed by atoms with van der Waals surface area (Å²) in [5.74, 6) is 0.675. The van der Waals surface area contributed by atoms with E-state index in [4.69, 9.17) is 10.5 Å². The summed E-state index contributed by atoms with van der Waals surface area (Å²) in [6, 6.07) is 0. The quantitative estimate of drug-likeness (QED) is 0.641. The van der Waals surface area contributed by atoms with E-state index in [0.29, 0.717) is 12.5 Å². The summed E-state index contributed by atoms with van der Waals surface area (Å²) in [7, 11) is 0. The summed E-state index contributed by atoms with van der Waals surface area (Å²) < 4.78 is 5.48. The van der Waals surface area contributed by atoms with Crippen LogP contribution in [-0.4, -0.2) is 19.3 Å². The summed E-state index contributed by atoms with van der Waals surface area (Å²) >= 11 is 0. The minimum absolute atomic E-state index is 0.217. The lowest BCUT2D eigenvalue weighted by Gasteiger charge is -2.14. The molecule has 2 nitrogen and oxygen atoms in total. The molecule has 0 spiro atoms. The third-order valence-corrected chi connectivity index (χ3v) is 1.78. The van der Waals surface area contributed by atoms with Crippen molar-refractivity contribution in [2.75, 3.05) is 13.2 Å². The molecule has 0 radical (unpaired) electrons. The molecule has 2 atom stereocenters. The normalized spacial score (nSPS) is 16.4. The molecule has 0 amide bonds. The molecule has 0 heterocycles. The first-order chi connectivity index (χ1) is 5.20. The Morgan fingerprint density at radius 1 is 1.36 bits per heavy atom. The first-order valence-electron chi connectivity index (χ1n) is 4.52. The zero-order valence-corrected chi connectivity index (χ0v) is 7.97. The lowest BCUT2D eigenvalue weighted by Crippen LogP contribution is -2.22. The van der Waals surface area contributed by atoms with Gasteiger partial charge in [0.2, 0.25) is 0 Å². The topological polar surface area (TPSA) is 35.2 Å². The van der Waals surface area contributed by atoms with E-state index in [2.05, 4.69) is 13.8 Å². The molecule has 68 valence electrons. The second-order valence-electron chi connectivity index (χ2n) is 3.27. The van der Waals surface area contributed by atoms with E-state index in [1.54, 1.807) is 0 Å². The van der Waals surface area contributed by atoms with Gasteiger partial charge in [-0.15, -0.1) is 0 Å². The predicted molar refractivity (Wildman–Crippen MR) is 48.5 cm³/mol. The van der Waals surface area contributed by atoms with Crippen molar-refractivity contribution in [2.24, 2.45) is 11.7 Å². The molecular weight excluding hydrogens is 138 g/mol. The molecule has 0 aliphatic carbocycles. The maximum Gasteiger partial charge on any atom is 0.0669 e. The zero-order valence-electron chi connectivity index (χ0n) is 7.97. The summed E-state index contributed by atoms with van der Waals surface area (Å²) in [4.78, 5) is 0. The van der Waals surface area contributed by atoms with Crippen molar-refractivity contribution in [1.29, 1.82) is 0 Å². The highest BCUT2D eigenvalue weighted by atomic mass is 16.5. The van der Waals surface area contributed by atoms with E-state index >= 15 is 0 Å². The van der Waals surface area contributed by atoms with Crippen molar-refractivity contribution >= 4 is 0 Å². The Morgan fingerprint density at radius 2 is 2.00 bits per heavy atom. The van der Waals surface area contributed by atoms with Gasteiger partial charge in [0.1, 0.15) is 0 Å². The molecule has 0 bridgehead atoms. The van der Waals surface area contributed by atoms with E-state index in [1.807, 2.05) is 6.92 Å². The number of hydrogen-bond donors (Lipinski definition) is 1. The van der Waals surface area contributed by atoms with Crippen LogP contribution in [0.5, 0.6) is 0 Å². The third kappa shape index (κ3) is 6.32. The molecule has 0 aliphatic rings. The first kappa shape index (κ1) is 10.9. The fourth-order valence-corrected chi connectivity index (χ4v) is 0.973. The van der Waals surface area contributed by atoms with Crippen LogP contribution in [0.4, 0.5) is 0 Å². The van der Waals surface area contributed by atoms with Crippen LogP contribution in [0.2, 0.25) is 0 Å². The summed E-state index contributed by atoms with van der Waals surface area (Å²) in [5, 5.41) is 0.